The van der Waals surface area contributed by atoms with Gasteiger partial charge in [-0.15, -0.1) is 0 Å². The fourth-order valence-electron chi connectivity index (χ4n) is 0.873. The predicted octanol–water partition coefficient (Wildman–Crippen LogP) is 1.48. The number of hydrogen-bond acceptors (Lipinski definition) is 3. The van der Waals surface area contributed by atoms with Gasteiger partial charge in [-0.2, -0.15) is 0 Å². The lowest BCUT2D eigenvalue weighted by molar-refractivity contribution is -0.125. The molecular formula is C12H17NO3. The van der Waals surface area contributed by atoms with Crippen molar-refractivity contribution in [2.24, 2.45) is 11.7 Å². The highest BCUT2D eigenvalue weighted by Gasteiger charge is 2.09. The molecule has 0 aliphatic carbocycles. The zero-order chi connectivity index (χ0) is 12.6. The summed E-state index contributed by atoms with van der Waals surface area (Å²) in [6.07, 6.45) is 0.162. The summed E-state index contributed by atoms with van der Waals surface area (Å²) in [6.45, 7) is 3.14. The molecule has 3 N–H and O–H groups in total. The molecule has 0 aliphatic rings. The van der Waals surface area contributed by atoms with Crippen LogP contribution in [-0.2, 0) is 9.59 Å². The first-order chi connectivity index (χ1) is 7.43. The van der Waals surface area contributed by atoms with Crippen molar-refractivity contribution >= 4 is 11.7 Å². The van der Waals surface area contributed by atoms with Crippen molar-refractivity contribution in [1.82, 2.24) is 0 Å². The molecule has 1 amide bonds. The third kappa shape index (κ3) is 7.55. The highest BCUT2D eigenvalue weighted by atomic mass is 16.3. The number of carbonyl (C=O) groups is 2. The first-order valence-corrected chi connectivity index (χ1v) is 4.96. The molecule has 4 nitrogen and oxygen atoms in total. The molecule has 16 heavy (non-hydrogen) atoms. The molecule has 1 unspecified atom stereocenters. The third-order valence-corrected chi connectivity index (χ3v) is 1.96. The second-order valence-corrected chi connectivity index (χ2v) is 3.52. The van der Waals surface area contributed by atoms with Crippen LogP contribution in [0.5, 0.6) is 5.75 Å². The first kappa shape index (κ1) is 14.2. The Kier molecular flexibility index (Phi) is 6.59. The fraction of sp³-hybridized carbons (Fsp3) is 0.333. The van der Waals surface area contributed by atoms with Gasteiger partial charge in [-0.3, -0.25) is 9.59 Å². The average molecular weight is 223 g/mol. The number of phenolic OH excluding ortho intramolecular Hbond substituents is 1. The van der Waals surface area contributed by atoms with E-state index >= 15 is 0 Å². The molecule has 88 valence electrons. The van der Waals surface area contributed by atoms with E-state index in [0.29, 0.717) is 5.75 Å². The molecule has 0 spiro atoms. The molecule has 0 heterocycles. The van der Waals surface area contributed by atoms with Crippen LogP contribution in [0.2, 0.25) is 0 Å². The topological polar surface area (TPSA) is 80.4 Å². The summed E-state index contributed by atoms with van der Waals surface area (Å²) in [6, 6.07) is 8.71. The summed E-state index contributed by atoms with van der Waals surface area (Å²) in [4.78, 5) is 20.7. The number of amides is 1. The molecule has 0 aromatic heterocycles. The molecule has 1 atom stereocenters. The van der Waals surface area contributed by atoms with Crippen molar-refractivity contribution < 1.29 is 14.7 Å². The highest BCUT2D eigenvalue weighted by Crippen LogP contribution is 2.02. The van der Waals surface area contributed by atoms with Crippen LogP contribution in [0.15, 0.2) is 30.3 Å². The smallest absolute Gasteiger partial charge is 0.218 e. The number of carbonyl (C=O) groups excluding carboxylic acids is 2. The lowest BCUT2D eigenvalue weighted by Crippen LogP contribution is -2.18. The molecular weight excluding hydrogens is 206 g/mol. The van der Waals surface area contributed by atoms with Crippen LogP contribution in [-0.4, -0.2) is 16.8 Å². The quantitative estimate of drug-likeness (QED) is 0.814. The van der Waals surface area contributed by atoms with E-state index < -0.39 is 5.91 Å². The minimum atomic E-state index is -0.419. The number of Topliss-reactive ketones (excluding diaryl/α,β-unsaturated/α-hetero) is 1. The number of hydrogen-bond donors (Lipinski definition) is 2. The standard InChI is InChI=1S/C6H11NO2.C6H6O/c1-4(5(2)8)3-6(7)9;7-6-4-2-1-3-5-6/h4H,3H2,1-2H3,(H2,7,9);1-5,7H. The number of para-hydroxylation sites is 1. The van der Waals surface area contributed by atoms with Gasteiger partial charge < -0.3 is 10.8 Å². The van der Waals surface area contributed by atoms with Crippen LogP contribution >= 0.6 is 0 Å². The number of phenols is 1. The molecule has 0 bridgehead atoms. The van der Waals surface area contributed by atoms with Gasteiger partial charge in [0.05, 0.1) is 0 Å². The van der Waals surface area contributed by atoms with Gasteiger partial charge in [0.25, 0.3) is 0 Å². The molecule has 1 rings (SSSR count). The molecule has 1 aromatic rings. The van der Waals surface area contributed by atoms with E-state index in [1.807, 2.05) is 6.07 Å². The van der Waals surface area contributed by atoms with Crippen molar-refractivity contribution in [1.29, 1.82) is 0 Å². The Hall–Kier alpha value is -1.84. The lowest BCUT2D eigenvalue weighted by Gasteiger charge is -2.01. The largest absolute Gasteiger partial charge is 0.508 e. The molecule has 1 aromatic carbocycles. The van der Waals surface area contributed by atoms with Crippen molar-refractivity contribution in [3.63, 3.8) is 0 Å². The number of benzene rings is 1. The van der Waals surface area contributed by atoms with Crippen LogP contribution in [0.1, 0.15) is 20.3 Å². The number of nitrogens with two attached hydrogens (primary N) is 1. The second kappa shape index (κ2) is 7.45. The molecule has 0 saturated carbocycles. The van der Waals surface area contributed by atoms with Crippen LogP contribution in [0.4, 0.5) is 0 Å². The maximum atomic E-state index is 10.5. The van der Waals surface area contributed by atoms with Gasteiger partial charge in [-0.05, 0) is 19.1 Å². The molecule has 0 aliphatic heterocycles. The zero-order valence-electron chi connectivity index (χ0n) is 9.51. The van der Waals surface area contributed by atoms with E-state index in [-0.39, 0.29) is 18.1 Å². The summed E-state index contributed by atoms with van der Waals surface area (Å²) in [5.74, 6) is -0.309. The molecule has 0 radical (unpaired) electrons. The summed E-state index contributed by atoms with van der Waals surface area (Å²) < 4.78 is 0. The third-order valence-electron chi connectivity index (χ3n) is 1.96. The minimum absolute atomic E-state index is 0.00815. The number of aromatic hydroxyl groups is 1. The molecule has 4 heteroatoms. The van der Waals surface area contributed by atoms with Crippen LogP contribution < -0.4 is 5.73 Å². The van der Waals surface area contributed by atoms with E-state index in [4.69, 9.17) is 10.8 Å². The summed E-state index contributed by atoms with van der Waals surface area (Å²) >= 11 is 0. The Morgan fingerprint density at radius 3 is 2.00 bits per heavy atom. The van der Waals surface area contributed by atoms with Gasteiger partial charge >= 0.3 is 0 Å². The van der Waals surface area contributed by atoms with Gasteiger partial charge in [0, 0.05) is 12.3 Å². The Balaban J connectivity index is 0.000000288. The van der Waals surface area contributed by atoms with E-state index in [2.05, 4.69) is 0 Å². The minimum Gasteiger partial charge on any atom is -0.508 e. The van der Waals surface area contributed by atoms with Crippen molar-refractivity contribution in [3.05, 3.63) is 30.3 Å². The number of ketones is 1. The SMILES string of the molecule is CC(=O)C(C)CC(N)=O.Oc1ccccc1. The summed E-state index contributed by atoms with van der Waals surface area (Å²) in [7, 11) is 0. The highest BCUT2D eigenvalue weighted by molar-refractivity contribution is 5.84. The maximum absolute atomic E-state index is 10.5. The van der Waals surface area contributed by atoms with E-state index in [0.717, 1.165) is 0 Å². The van der Waals surface area contributed by atoms with Gasteiger partial charge in [0.2, 0.25) is 5.91 Å². The first-order valence-electron chi connectivity index (χ1n) is 4.96. The van der Waals surface area contributed by atoms with Crippen molar-refractivity contribution in [2.45, 2.75) is 20.3 Å². The van der Waals surface area contributed by atoms with Gasteiger partial charge in [-0.25, -0.2) is 0 Å². The van der Waals surface area contributed by atoms with Crippen molar-refractivity contribution in [3.8, 4) is 5.75 Å². The Labute approximate surface area is 95.1 Å². The monoisotopic (exact) mass is 223 g/mol. The van der Waals surface area contributed by atoms with E-state index in [1.54, 1.807) is 31.2 Å². The second-order valence-electron chi connectivity index (χ2n) is 3.52. The zero-order valence-corrected chi connectivity index (χ0v) is 9.51. The fourth-order valence-corrected chi connectivity index (χ4v) is 0.873. The van der Waals surface area contributed by atoms with E-state index in [1.165, 1.54) is 6.92 Å². The Bertz CT molecular complexity index is 335. The maximum Gasteiger partial charge on any atom is 0.218 e. The summed E-state index contributed by atoms with van der Waals surface area (Å²) in [5.41, 5.74) is 4.84. The summed E-state index contributed by atoms with van der Waals surface area (Å²) in [5, 5.41) is 8.63. The number of primary amides is 1. The van der Waals surface area contributed by atoms with Crippen LogP contribution in [0.3, 0.4) is 0 Å². The van der Waals surface area contributed by atoms with Crippen LogP contribution in [0.25, 0.3) is 0 Å². The average Bonchev–Trinajstić information content (AvgIpc) is 2.18. The normalized spacial score (nSPS) is 10.9. The van der Waals surface area contributed by atoms with Gasteiger partial charge in [-0.1, -0.05) is 25.1 Å². The Morgan fingerprint density at radius 2 is 1.81 bits per heavy atom. The van der Waals surface area contributed by atoms with Gasteiger partial charge in [0.15, 0.2) is 0 Å². The number of rotatable bonds is 3. The van der Waals surface area contributed by atoms with E-state index in [9.17, 15) is 9.59 Å². The molecule has 0 saturated heterocycles. The Morgan fingerprint density at radius 1 is 1.31 bits per heavy atom. The van der Waals surface area contributed by atoms with Crippen molar-refractivity contribution in [2.75, 3.05) is 0 Å². The molecule has 0 fully saturated rings. The predicted molar refractivity (Wildman–Crippen MR) is 61.8 cm³/mol. The van der Waals surface area contributed by atoms with Crippen LogP contribution in [0, 0.1) is 5.92 Å². The van der Waals surface area contributed by atoms with Gasteiger partial charge in [0.1, 0.15) is 11.5 Å². The lowest BCUT2D eigenvalue weighted by atomic mass is 10.0.